The van der Waals surface area contributed by atoms with E-state index in [9.17, 15) is 9.59 Å². The standard InChI is InChI=1S/C17H17NO3S2/c1-9-6-10(2)11-4-3-5-12(13(11)7-9)15-16(21)18(8-14(19)20)17(22)23-15/h6-7H,3-5,8H2,1-2H3,(H,19,20). The molecular formula is C17H17NO3S2. The molecule has 3 rings (SSSR count). The van der Waals surface area contributed by atoms with Gasteiger partial charge in [-0.1, -0.05) is 41.7 Å². The zero-order chi connectivity index (χ0) is 16.7. The highest BCUT2D eigenvalue weighted by molar-refractivity contribution is 8.26. The third kappa shape index (κ3) is 2.93. The summed E-state index contributed by atoms with van der Waals surface area (Å²) in [6.07, 6.45) is 2.84. The lowest BCUT2D eigenvalue weighted by Gasteiger charge is -2.23. The van der Waals surface area contributed by atoms with Gasteiger partial charge in [0.25, 0.3) is 5.91 Å². The minimum absolute atomic E-state index is 0.274. The van der Waals surface area contributed by atoms with Gasteiger partial charge in [0.2, 0.25) is 0 Å². The molecular weight excluding hydrogens is 330 g/mol. The van der Waals surface area contributed by atoms with Crippen LogP contribution in [-0.2, 0) is 16.0 Å². The number of fused-ring (bicyclic) bond motifs is 1. The van der Waals surface area contributed by atoms with E-state index in [1.165, 1.54) is 33.4 Å². The number of carbonyl (C=O) groups excluding carboxylic acids is 1. The first-order chi connectivity index (χ1) is 10.9. The summed E-state index contributed by atoms with van der Waals surface area (Å²) in [4.78, 5) is 25.3. The summed E-state index contributed by atoms with van der Waals surface area (Å²) >= 11 is 6.43. The molecule has 1 saturated heterocycles. The van der Waals surface area contributed by atoms with Crippen LogP contribution in [0.1, 0.15) is 35.1 Å². The molecule has 1 aliphatic carbocycles. The highest BCUT2D eigenvalue weighted by Gasteiger charge is 2.36. The second-order valence-corrected chi connectivity index (χ2v) is 7.57. The van der Waals surface area contributed by atoms with Gasteiger partial charge in [0.1, 0.15) is 10.9 Å². The van der Waals surface area contributed by atoms with Crippen LogP contribution in [-0.4, -0.2) is 32.7 Å². The van der Waals surface area contributed by atoms with Crippen molar-refractivity contribution in [1.29, 1.82) is 0 Å². The summed E-state index contributed by atoms with van der Waals surface area (Å²) in [7, 11) is 0. The molecule has 6 heteroatoms. The van der Waals surface area contributed by atoms with Crippen molar-refractivity contribution in [1.82, 2.24) is 4.90 Å². The van der Waals surface area contributed by atoms with Crippen LogP contribution in [0, 0.1) is 13.8 Å². The van der Waals surface area contributed by atoms with Crippen molar-refractivity contribution < 1.29 is 14.7 Å². The average Bonchev–Trinajstić information content (AvgIpc) is 2.74. The Bertz CT molecular complexity index is 767. The van der Waals surface area contributed by atoms with Crippen LogP contribution in [0.15, 0.2) is 17.0 Å². The lowest BCUT2D eigenvalue weighted by atomic mass is 9.83. The third-order valence-electron chi connectivity index (χ3n) is 4.21. The van der Waals surface area contributed by atoms with E-state index in [2.05, 4.69) is 26.0 Å². The number of nitrogens with zero attached hydrogens (tertiary/aromatic N) is 1. The topological polar surface area (TPSA) is 57.6 Å². The van der Waals surface area contributed by atoms with E-state index in [1.54, 1.807) is 0 Å². The summed E-state index contributed by atoms with van der Waals surface area (Å²) in [5.41, 5.74) is 5.85. The first-order valence-corrected chi connectivity index (χ1v) is 8.70. The van der Waals surface area contributed by atoms with Gasteiger partial charge in [-0.05, 0) is 55.4 Å². The van der Waals surface area contributed by atoms with Gasteiger partial charge in [0.05, 0.1) is 4.91 Å². The van der Waals surface area contributed by atoms with Crippen LogP contribution < -0.4 is 0 Å². The molecule has 1 heterocycles. The van der Waals surface area contributed by atoms with Gasteiger partial charge >= 0.3 is 5.97 Å². The molecule has 1 fully saturated rings. The quantitative estimate of drug-likeness (QED) is 0.657. The van der Waals surface area contributed by atoms with E-state index in [4.69, 9.17) is 17.3 Å². The van der Waals surface area contributed by atoms with Crippen molar-refractivity contribution >= 4 is 45.7 Å². The Morgan fingerprint density at radius 3 is 2.78 bits per heavy atom. The Balaban J connectivity index is 2.09. The number of hydrogen-bond acceptors (Lipinski definition) is 4. The fraction of sp³-hybridized carbons (Fsp3) is 0.353. The van der Waals surface area contributed by atoms with Gasteiger partial charge in [-0.15, -0.1) is 0 Å². The van der Waals surface area contributed by atoms with Crippen molar-refractivity contribution in [3.8, 4) is 0 Å². The van der Waals surface area contributed by atoms with E-state index >= 15 is 0 Å². The Labute approximate surface area is 144 Å². The summed E-state index contributed by atoms with van der Waals surface area (Å²) in [5.74, 6) is -1.33. The van der Waals surface area contributed by atoms with E-state index in [1.807, 2.05) is 0 Å². The number of carbonyl (C=O) groups is 2. The number of aryl methyl sites for hydroxylation is 2. The number of thiocarbonyl (C=S) groups is 1. The van der Waals surface area contributed by atoms with Crippen molar-refractivity contribution in [3.63, 3.8) is 0 Å². The van der Waals surface area contributed by atoms with Crippen molar-refractivity contribution in [2.24, 2.45) is 0 Å². The number of carboxylic acid groups (broad SMARTS) is 1. The molecule has 0 radical (unpaired) electrons. The minimum Gasteiger partial charge on any atom is -0.480 e. The zero-order valence-corrected chi connectivity index (χ0v) is 14.6. The van der Waals surface area contributed by atoms with E-state index < -0.39 is 5.97 Å². The van der Waals surface area contributed by atoms with Crippen molar-refractivity contribution in [2.75, 3.05) is 6.54 Å². The fourth-order valence-electron chi connectivity index (χ4n) is 3.26. The fourth-order valence-corrected chi connectivity index (χ4v) is 4.63. The van der Waals surface area contributed by atoms with E-state index in [0.717, 1.165) is 30.4 Å². The molecule has 0 saturated carbocycles. The number of allylic oxidation sites excluding steroid dienone is 1. The van der Waals surface area contributed by atoms with Crippen molar-refractivity contribution in [3.05, 3.63) is 39.3 Å². The molecule has 0 aromatic heterocycles. The first kappa shape index (κ1) is 16.2. The van der Waals surface area contributed by atoms with E-state index in [0.29, 0.717) is 9.23 Å². The molecule has 1 aromatic carbocycles. The molecule has 0 unspecified atom stereocenters. The average molecular weight is 347 g/mol. The van der Waals surface area contributed by atoms with Gasteiger partial charge in [-0.25, -0.2) is 0 Å². The van der Waals surface area contributed by atoms with Gasteiger partial charge in [-0.3, -0.25) is 14.5 Å². The Hall–Kier alpha value is -1.66. The molecule has 2 aliphatic rings. The number of thioether (sulfide) groups is 1. The van der Waals surface area contributed by atoms with Gasteiger partial charge in [0.15, 0.2) is 0 Å². The Morgan fingerprint density at radius 2 is 2.09 bits per heavy atom. The highest BCUT2D eigenvalue weighted by atomic mass is 32.2. The maximum absolute atomic E-state index is 12.6. The number of aliphatic carboxylic acids is 1. The Morgan fingerprint density at radius 1 is 1.35 bits per heavy atom. The van der Waals surface area contributed by atoms with Gasteiger partial charge in [0, 0.05) is 0 Å². The monoisotopic (exact) mass is 347 g/mol. The molecule has 1 aromatic rings. The SMILES string of the molecule is Cc1cc(C)c2c(c1)C(=C1SC(=S)N(CC(=O)O)C1=O)CCC2. The summed E-state index contributed by atoms with van der Waals surface area (Å²) in [6.45, 7) is 3.78. The predicted molar refractivity (Wildman–Crippen MR) is 95.3 cm³/mol. The van der Waals surface area contributed by atoms with Gasteiger partial charge < -0.3 is 5.11 Å². The van der Waals surface area contributed by atoms with Crippen molar-refractivity contribution in [2.45, 2.75) is 33.1 Å². The molecule has 1 amide bonds. The maximum atomic E-state index is 12.6. The zero-order valence-electron chi connectivity index (χ0n) is 13.0. The van der Waals surface area contributed by atoms with Crippen LogP contribution >= 0.6 is 24.0 Å². The smallest absolute Gasteiger partial charge is 0.323 e. The molecule has 0 bridgehead atoms. The number of amides is 1. The molecule has 0 atom stereocenters. The lowest BCUT2D eigenvalue weighted by molar-refractivity contribution is -0.140. The maximum Gasteiger partial charge on any atom is 0.323 e. The largest absolute Gasteiger partial charge is 0.480 e. The predicted octanol–water partition coefficient (Wildman–Crippen LogP) is 3.30. The number of benzene rings is 1. The normalized spacial score (nSPS) is 20.9. The summed E-state index contributed by atoms with van der Waals surface area (Å²) in [5, 5.41) is 8.96. The van der Waals surface area contributed by atoms with Crippen LogP contribution in [0.4, 0.5) is 0 Å². The first-order valence-electron chi connectivity index (χ1n) is 7.47. The van der Waals surface area contributed by atoms with Crippen LogP contribution in [0.5, 0.6) is 0 Å². The third-order valence-corrected chi connectivity index (χ3v) is 5.70. The molecule has 0 spiro atoms. The van der Waals surface area contributed by atoms with Crippen LogP contribution in [0.2, 0.25) is 0 Å². The minimum atomic E-state index is -1.05. The molecule has 4 nitrogen and oxygen atoms in total. The second-order valence-electron chi connectivity index (χ2n) is 5.92. The number of carboxylic acids is 1. The van der Waals surface area contributed by atoms with Crippen LogP contribution in [0.25, 0.3) is 5.57 Å². The van der Waals surface area contributed by atoms with Crippen LogP contribution in [0.3, 0.4) is 0 Å². The highest BCUT2D eigenvalue weighted by Crippen LogP contribution is 2.42. The molecule has 1 aliphatic heterocycles. The molecule has 120 valence electrons. The van der Waals surface area contributed by atoms with Gasteiger partial charge in [-0.2, -0.15) is 0 Å². The number of hydrogen-bond donors (Lipinski definition) is 1. The Kier molecular flexibility index (Phi) is 4.29. The molecule has 1 N–H and O–H groups in total. The summed E-state index contributed by atoms with van der Waals surface area (Å²) in [6, 6.07) is 4.29. The summed E-state index contributed by atoms with van der Waals surface area (Å²) < 4.78 is 0.330. The number of rotatable bonds is 2. The second kappa shape index (κ2) is 6.09. The van der Waals surface area contributed by atoms with E-state index in [-0.39, 0.29) is 12.5 Å². The lowest BCUT2D eigenvalue weighted by Crippen LogP contribution is -2.33. The molecule has 23 heavy (non-hydrogen) atoms.